The van der Waals surface area contributed by atoms with Gasteiger partial charge in [-0.3, -0.25) is 4.79 Å². The minimum Gasteiger partial charge on any atom is -0.345 e. The largest absolute Gasteiger partial charge is 0.345 e. The Kier molecular flexibility index (Phi) is 5.79. The van der Waals surface area contributed by atoms with E-state index in [0.29, 0.717) is 6.54 Å². The maximum absolute atomic E-state index is 13.4. The zero-order valence-electron chi connectivity index (χ0n) is 18.2. The van der Waals surface area contributed by atoms with Gasteiger partial charge in [0.05, 0.1) is 29.3 Å². The van der Waals surface area contributed by atoms with Gasteiger partial charge in [0.15, 0.2) is 0 Å². The van der Waals surface area contributed by atoms with Crippen molar-refractivity contribution >= 4 is 23.0 Å². The molecule has 2 unspecified atom stereocenters. The van der Waals surface area contributed by atoms with Crippen LogP contribution in [-0.2, 0) is 4.79 Å². The average molecular weight is 432 g/mol. The summed E-state index contributed by atoms with van der Waals surface area (Å²) in [5.41, 5.74) is 3.87. The summed E-state index contributed by atoms with van der Waals surface area (Å²) in [5, 5.41) is 3.28. The Morgan fingerprint density at radius 1 is 0.969 bits per heavy atom. The average Bonchev–Trinajstić information content (AvgIpc) is 3.54. The molecule has 2 N–H and O–H groups in total. The number of benzene rings is 2. The number of imidazole rings is 1. The molecule has 0 spiro atoms. The first-order chi connectivity index (χ1) is 15.7. The number of hydrogen-bond acceptors (Lipinski definition) is 3. The van der Waals surface area contributed by atoms with Crippen LogP contribution in [0.3, 0.4) is 0 Å². The molecule has 2 saturated heterocycles. The number of likely N-dealkylation sites (tertiary alicyclic amines) is 2. The van der Waals surface area contributed by atoms with E-state index in [1.807, 2.05) is 58.3 Å². The Morgan fingerprint density at radius 3 is 2.56 bits per heavy atom. The molecule has 166 valence electrons. The van der Waals surface area contributed by atoms with Gasteiger partial charge >= 0.3 is 6.03 Å². The van der Waals surface area contributed by atoms with Crippen molar-refractivity contribution in [2.75, 3.05) is 26.2 Å². The molecule has 0 radical (unpaired) electrons. The molecule has 5 rings (SSSR count). The van der Waals surface area contributed by atoms with E-state index in [1.54, 1.807) is 6.33 Å². The van der Waals surface area contributed by atoms with Crippen molar-refractivity contribution < 1.29 is 9.59 Å². The van der Waals surface area contributed by atoms with E-state index < -0.39 is 0 Å². The number of amides is 3. The monoisotopic (exact) mass is 431 g/mol. The van der Waals surface area contributed by atoms with Gasteiger partial charge in [-0.1, -0.05) is 36.4 Å². The van der Waals surface area contributed by atoms with Crippen LogP contribution >= 0.6 is 0 Å². The second-order valence-electron chi connectivity index (χ2n) is 8.79. The van der Waals surface area contributed by atoms with Gasteiger partial charge in [-0.05, 0) is 48.9 Å². The van der Waals surface area contributed by atoms with Crippen LogP contribution in [0.15, 0.2) is 54.9 Å². The van der Waals surface area contributed by atoms with Crippen LogP contribution in [0.2, 0.25) is 0 Å². The number of rotatable bonds is 4. The highest BCUT2D eigenvalue weighted by molar-refractivity contribution is 5.82. The molecule has 3 aromatic rings. The predicted molar refractivity (Wildman–Crippen MR) is 123 cm³/mol. The number of aromatic nitrogens is 2. The second-order valence-corrected chi connectivity index (χ2v) is 8.79. The smallest absolute Gasteiger partial charge is 0.320 e. The third kappa shape index (κ3) is 4.20. The topological polar surface area (TPSA) is 81.3 Å². The summed E-state index contributed by atoms with van der Waals surface area (Å²) in [6, 6.07) is 15.9. The van der Waals surface area contributed by atoms with Gasteiger partial charge in [0.25, 0.3) is 0 Å². The van der Waals surface area contributed by atoms with Crippen molar-refractivity contribution in [3.05, 3.63) is 66.0 Å². The Morgan fingerprint density at radius 2 is 1.75 bits per heavy atom. The molecule has 2 atom stereocenters. The van der Waals surface area contributed by atoms with Crippen LogP contribution in [0.25, 0.3) is 11.0 Å². The van der Waals surface area contributed by atoms with Gasteiger partial charge in [-0.15, -0.1) is 0 Å². The number of nitrogens with one attached hydrogen (secondary N) is 2. The van der Waals surface area contributed by atoms with E-state index in [0.717, 1.165) is 67.5 Å². The van der Waals surface area contributed by atoms with E-state index in [4.69, 9.17) is 0 Å². The highest BCUT2D eigenvalue weighted by Gasteiger charge is 2.32. The van der Waals surface area contributed by atoms with Crippen LogP contribution in [0.1, 0.15) is 42.9 Å². The molecule has 3 amide bonds. The fourth-order valence-electron chi connectivity index (χ4n) is 4.87. The van der Waals surface area contributed by atoms with Gasteiger partial charge in [0.1, 0.15) is 0 Å². The Balaban J connectivity index is 1.34. The minimum absolute atomic E-state index is 0.00230. The number of hydrogen-bond donors (Lipinski definition) is 2. The highest BCUT2D eigenvalue weighted by Crippen LogP contribution is 2.27. The first kappa shape index (κ1) is 20.5. The number of urea groups is 1. The summed E-state index contributed by atoms with van der Waals surface area (Å²) in [5.74, 6) is -0.195. The van der Waals surface area contributed by atoms with E-state index in [2.05, 4.69) is 15.3 Å². The molecule has 0 saturated carbocycles. The Hall–Kier alpha value is -3.35. The molecule has 32 heavy (non-hydrogen) atoms. The first-order valence-electron chi connectivity index (χ1n) is 11.5. The standard InChI is InChI=1S/C25H29N5O2/c31-24(20-9-6-14-30(16-20)25(32)29-12-4-5-13-29)28-23(18-7-2-1-3-8-18)19-10-11-21-22(15-19)27-17-26-21/h1-3,7-8,10-11,15,17,20,23H,4-6,9,12-14,16H2,(H,26,27)(H,28,31). The summed E-state index contributed by atoms with van der Waals surface area (Å²) in [7, 11) is 0. The predicted octanol–water partition coefficient (Wildman–Crippen LogP) is 3.70. The van der Waals surface area contributed by atoms with Crippen molar-refractivity contribution in [2.24, 2.45) is 5.92 Å². The number of fused-ring (bicyclic) bond motifs is 1. The number of aromatic amines is 1. The van der Waals surface area contributed by atoms with Gasteiger partial charge < -0.3 is 20.1 Å². The zero-order valence-corrected chi connectivity index (χ0v) is 18.2. The Bertz CT molecular complexity index is 1090. The number of carbonyl (C=O) groups excluding carboxylic acids is 2. The summed E-state index contributed by atoms with van der Waals surface area (Å²) in [4.78, 5) is 37.5. The lowest BCUT2D eigenvalue weighted by atomic mass is 9.94. The molecule has 1 aromatic heterocycles. The van der Waals surface area contributed by atoms with Gasteiger partial charge in [0.2, 0.25) is 5.91 Å². The van der Waals surface area contributed by atoms with Crippen LogP contribution in [-0.4, -0.2) is 57.9 Å². The van der Waals surface area contributed by atoms with Crippen molar-refractivity contribution in [3.63, 3.8) is 0 Å². The molecular weight excluding hydrogens is 402 g/mol. The minimum atomic E-state index is -0.263. The molecule has 7 heteroatoms. The van der Waals surface area contributed by atoms with Crippen LogP contribution in [0, 0.1) is 5.92 Å². The molecular formula is C25H29N5O2. The molecule has 0 bridgehead atoms. The van der Waals surface area contributed by atoms with Crippen molar-refractivity contribution in [1.29, 1.82) is 0 Å². The SMILES string of the molecule is O=C(NC(c1ccccc1)c1ccc2nc[nH]c2c1)C1CCCN(C(=O)N2CCCC2)C1. The molecule has 2 aromatic carbocycles. The van der Waals surface area contributed by atoms with Crippen LogP contribution in [0.4, 0.5) is 4.79 Å². The molecule has 2 aliphatic rings. The van der Waals surface area contributed by atoms with E-state index in [1.165, 1.54) is 0 Å². The van der Waals surface area contributed by atoms with E-state index in [-0.39, 0.29) is 23.9 Å². The van der Waals surface area contributed by atoms with E-state index in [9.17, 15) is 9.59 Å². The third-order valence-electron chi connectivity index (χ3n) is 6.64. The normalized spacial score (nSPS) is 19.8. The van der Waals surface area contributed by atoms with Crippen LogP contribution in [0.5, 0.6) is 0 Å². The number of nitrogens with zero attached hydrogens (tertiary/aromatic N) is 3. The summed E-state index contributed by atoms with van der Waals surface area (Å²) in [6.07, 6.45) is 5.48. The maximum atomic E-state index is 13.4. The first-order valence-corrected chi connectivity index (χ1v) is 11.5. The Labute approximate surface area is 187 Å². The zero-order chi connectivity index (χ0) is 21.9. The lowest BCUT2D eigenvalue weighted by Gasteiger charge is -2.35. The summed E-state index contributed by atoms with van der Waals surface area (Å²) >= 11 is 0. The van der Waals surface area contributed by atoms with Gasteiger partial charge in [-0.25, -0.2) is 9.78 Å². The number of H-pyrrole nitrogens is 1. The van der Waals surface area contributed by atoms with Gasteiger partial charge in [0, 0.05) is 26.2 Å². The van der Waals surface area contributed by atoms with Gasteiger partial charge in [-0.2, -0.15) is 0 Å². The summed E-state index contributed by atoms with van der Waals surface area (Å²) < 4.78 is 0. The fraction of sp³-hybridized carbons (Fsp3) is 0.400. The number of piperidine rings is 1. The lowest BCUT2D eigenvalue weighted by Crippen LogP contribution is -2.50. The number of carbonyl (C=O) groups is 2. The van der Waals surface area contributed by atoms with Crippen LogP contribution < -0.4 is 5.32 Å². The van der Waals surface area contributed by atoms with Crippen molar-refractivity contribution in [2.45, 2.75) is 31.7 Å². The summed E-state index contributed by atoms with van der Waals surface area (Å²) in [6.45, 7) is 2.89. The second kappa shape index (κ2) is 9.02. The molecule has 0 aliphatic carbocycles. The van der Waals surface area contributed by atoms with Crippen molar-refractivity contribution in [3.8, 4) is 0 Å². The molecule has 2 fully saturated rings. The molecule has 3 heterocycles. The molecule has 2 aliphatic heterocycles. The fourth-order valence-corrected chi connectivity index (χ4v) is 4.87. The molecule has 7 nitrogen and oxygen atoms in total. The highest BCUT2D eigenvalue weighted by atomic mass is 16.2. The quantitative estimate of drug-likeness (QED) is 0.661. The van der Waals surface area contributed by atoms with Crippen molar-refractivity contribution in [1.82, 2.24) is 25.1 Å². The maximum Gasteiger partial charge on any atom is 0.320 e. The lowest BCUT2D eigenvalue weighted by molar-refractivity contribution is -0.126. The van der Waals surface area contributed by atoms with E-state index >= 15 is 0 Å². The third-order valence-corrected chi connectivity index (χ3v) is 6.64.